The molecule has 0 aromatic rings. The van der Waals surface area contributed by atoms with Gasteiger partial charge in [0.15, 0.2) is 0 Å². The number of carbonyl (C=O) groups is 2. The Kier molecular flexibility index (Phi) is 4.08. The van der Waals surface area contributed by atoms with Crippen LogP contribution < -0.4 is 0 Å². The second-order valence-electron chi connectivity index (χ2n) is 6.90. The highest BCUT2D eigenvalue weighted by Crippen LogP contribution is 2.55. The van der Waals surface area contributed by atoms with E-state index in [2.05, 4.69) is 20.4 Å². The molecule has 112 valence electrons. The van der Waals surface area contributed by atoms with Crippen molar-refractivity contribution in [2.75, 3.05) is 0 Å². The van der Waals surface area contributed by atoms with Gasteiger partial charge in [0.2, 0.25) is 0 Å². The van der Waals surface area contributed by atoms with Gasteiger partial charge in [-0.1, -0.05) is 38.8 Å². The predicted octanol–water partition coefficient (Wildman–Crippen LogP) is 3.53. The van der Waals surface area contributed by atoms with Crippen LogP contribution in [0.25, 0.3) is 0 Å². The summed E-state index contributed by atoms with van der Waals surface area (Å²) >= 11 is 0. The first-order valence-corrected chi connectivity index (χ1v) is 7.63. The number of rotatable bonds is 2. The van der Waals surface area contributed by atoms with E-state index >= 15 is 0 Å². The van der Waals surface area contributed by atoms with Crippen LogP contribution >= 0.6 is 0 Å². The molecule has 5 unspecified atom stereocenters. The molecular formula is C17H26O3. The maximum absolute atomic E-state index is 12.5. The van der Waals surface area contributed by atoms with Gasteiger partial charge in [0.05, 0.1) is 0 Å². The zero-order chi connectivity index (χ0) is 15.1. The number of hydrogen-bond acceptors (Lipinski definition) is 3. The van der Waals surface area contributed by atoms with Crippen LogP contribution in [0.3, 0.4) is 0 Å². The van der Waals surface area contributed by atoms with Crippen LogP contribution in [-0.2, 0) is 14.3 Å². The fourth-order valence-electron chi connectivity index (χ4n) is 4.30. The average molecular weight is 278 g/mol. The van der Waals surface area contributed by atoms with Crippen molar-refractivity contribution in [1.82, 2.24) is 0 Å². The lowest BCUT2D eigenvalue weighted by atomic mass is 9.51. The first kappa shape index (κ1) is 15.3. The van der Waals surface area contributed by atoms with E-state index in [0.717, 1.165) is 24.8 Å². The van der Waals surface area contributed by atoms with Crippen LogP contribution in [0, 0.1) is 23.2 Å². The molecule has 0 aliphatic heterocycles. The van der Waals surface area contributed by atoms with Crippen LogP contribution in [0.15, 0.2) is 12.2 Å². The molecule has 2 fully saturated rings. The minimum atomic E-state index is -0.256. The van der Waals surface area contributed by atoms with E-state index in [1.165, 1.54) is 6.92 Å². The van der Waals surface area contributed by atoms with Crippen molar-refractivity contribution in [3.05, 3.63) is 12.2 Å². The molecule has 0 spiro atoms. The highest BCUT2D eigenvalue weighted by atomic mass is 16.5. The molecule has 0 aromatic heterocycles. The third kappa shape index (κ3) is 2.32. The fourth-order valence-corrected chi connectivity index (χ4v) is 4.30. The maximum atomic E-state index is 12.5. The lowest BCUT2D eigenvalue weighted by Crippen LogP contribution is -2.58. The largest absolute Gasteiger partial charge is 0.461 e. The number of Topliss-reactive ketones (excluding diaryl/α,β-unsaturated/α-hetero) is 1. The van der Waals surface area contributed by atoms with Crippen LogP contribution in [0.2, 0.25) is 0 Å². The van der Waals surface area contributed by atoms with Crippen molar-refractivity contribution in [1.29, 1.82) is 0 Å². The molecule has 0 amide bonds. The first-order chi connectivity index (χ1) is 9.28. The molecule has 2 rings (SSSR count). The van der Waals surface area contributed by atoms with Crippen molar-refractivity contribution in [3.63, 3.8) is 0 Å². The Hall–Kier alpha value is -1.12. The summed E-state index contributed by atoms with van der Waals surface area (Å²) in [5.41, 5.74) is 0.699. The molecule has 20 heavy (non-hydrogen) atoms. The Morgan fingerprint density at radius 2 is 2.00 bits per heavy atom. The summed E-state index contributed by atoms with van der Waals surface area (Å²) in [6.45, 7) is 11.7. The number of hydrogen-bond donors (Lipinski definition) is 0. The minimum absolute atomic E-state index is 0.0335. The van der Waals surface area contributed by atoms with Gasteiger partial charge in [-0.3, -0.25) is 9.59 Å². The second kappa shape index (κ2) is 5.34. The van der Waals surface area contributed by atoms with Crippen molar-refractivity contribution >= 4 is 11.8 Å². The number of ether oxygens (including phenoxy) is 1. The summed E-state index contributed by atoms with van der Waals surface area (Å²) in [6, 6.07) is 0. The lowest BCUT2D eigenvalue weighted by Gasteiger charge is -2.55. The molecule has 0 saturated heterocycles. The van der Waals surface area contributed by atoms with Gasteiger partial charge in [-0.2, -0.15) is 0 Å². The van der Waals surface area contributed by atoms with Gasteiger partial charge in [0, 0.05) is 30.6 Å². The summed E-state index contributed by atoms with van der Waals surface area (Å²) in [5.74, 6) is 0.458. The Labute approximate surface area is 121 Å². The van der Waals surface area contributed by atoms with Gasteiger partial charge in [-0.25, -0.2) is 0 Å². The van der Waals surface area contributed by atoms with E-state index in [4.69, 9.17) is 4.74 Å². The molecule has 0 heterocycles. The number of carbonyl (C=O) groups excluding carboxylic acids is 2. The Bertz CT molecular complexity index is 440. The molecule has 0 radical (unpaired) electrons. The van der Waals surface area contributed by atoms with E-state index in [0.29, 0.717) is 18.1 Å². The maximum Gasteiger partial charge on any atom is 0.302 e. The number of fused-ring (bicyclic) bond motifs is 1. The standard InChI is InChI=1S/C17H26O3/c1-10(2)13-9-15(19)14-8-6-7-11(3)17(14,5)16(13)20-12(4)18/h11,13-14,16H,1,6-9H2,2-5H3. The van der Waals surface area contributed by atoms with Crippen molar-refractivity contribution in [2.24, 2.45) is 23.2 Å². The highest BCUT2D eigenvalue weighted by molar-refractivity contribution is 5.84. The van der Waals surface area contributed by atoms with E-state index in [1.54, 1.807) is 0 Å². The van der Waals surface area contributed by atoms with E-state index < -0.39 is 0 Å². The third-order valence-corrected chi connectivity index (χ3v) is 5.66. The molecular weight excluding hydrogens is 252 g/mol. The zero-order valence-corrected chi connectivity index (χ0v) is 13.1. The van der Waals surface area contributed by atoms with Crippen LogP contribution in [0.4, 0.5) is 0 Å². The molecule has 0 N–H and O–H groups in total. The second-order valence-corrected chi connectivity index (χ2v) is 6.90. The molecule has 2 aliphatic carbocycles. The molecule has 2 saturated carbocycles. The normalized spacial score (nSPS) is 40.9. The Balaban J connectivity index is 2.45. The smallest absolute Gasteiger partial charge is 0.302 e. The van der Waals surface area contributed by atoms with Crippen LogP contribution in [0.1, 0.15) is 53.4 Å². The summed E-state index contributed by atoms with van der Waals surface area (Å²) in [5, 5.41) is 0. The summed E-state index contributed by atoms with van der Waals surface area (Å²) in [6.07, 6.45) is 3.38. The van der Waals surface area contributed by atoms with Gasteiger partial charge in [0.25, 0.3) is 0 Å². The third-order valence-electron chi connectivity index (χ3n) is 5.66. The SMILES string of the molecule is C=C(C)C1CC(=O)C2CCCC(C)C2(C)C1OC(C)=O. The quantitative estimate of drug-likeness (QED) is 0.573. The average Bonchev–Trinajstić information content (AvgIpc) is 2.34. The van der Waals surface area contributed by atoms with Gasteiger partial charge in [-0.05, 0) is 19.3 Å². The van der Waals surface area contributed by atoms with Crippen LogP contribution in [0.5, 0.6) is 0 Å². The molecule has 2 aliphatic rings. The Morgan fingerprint density at radius 1 is 1.35 bits per heavy atom. The van der Waals surface area contributed by atoms with Gasteiger partial charge < -0.3 is 4.74 Å². The number of ketones is 1. The van der Waals surface area contributed by atoms with E-state index in [-0.39, 0.29) is 29.3 Å². The molecule has 0 bridgehead atoms. The fraction of sp³-hybridized carbons (Fsp3) is 0.765. The molecule has 3 nitrogen and oxygen atoms in total. The summed E-state index contributed by atoms with van der Waals surface area (Å²) in [7, 11) is 0. The molecule has 5 atom stereocenters. The molecule has 3 heteroatoms. The lowest BCUT2D eigenvalue weighted by molar-refractivity contribution is -0.181. The topological polar surface area (TPSA) is 43.4 Å². The zero-order valence-electron chi connectivity index (χ0n) is 13.1. The molecule has 0 aromatic carbocycles. The Morgan fingerprint density at radius 3 is 2.55 bits per heavy atom. The van der Waals surface area contributed by atoms with Crippen LogP contribution in [-0.4, -0.2) is 17.9 Å². The van der Waals surface area contributed by atoms with Crippen molar-refractivity contribution in [3.8, 4) is 0 Å². The highest BCUT2D eigenvalue weighted by Gasteiger charge is 2.57. The van der Waals surface area contributed by atoms with E-state index in [9.17, 15) is 9.59 Å². The van der Waals surface area contributed by atoms with E-state index in [1.807, 2.05) is 6.92 Å². The monoisotopic (exact) mass is 278 g/mol. The van der Waals surface area contributed by atoms with Crippen molar-refractivity contribution < 1.29 is 14.3 Å². The van der Waals surface area contributed by atoms with Gasteiger partial charge in [0.1, 0.15) is 11.9 Å². The first-order valence-electron chi connectivity index (χ1n) is 7.63. The summed E-state index contributed by atoms with van der Waals surface area (Å²) in [4.78, 5) is 24.1. The number of esters is 1. The van der Waals surface area contributed by atoms with Crippen molar-refractivity contribution in [2.45, 2.75) is 59.5 Å². The summed E-state index contributed by atoms with van der Waals surface area (Å²) < 4.78 is 5.70. The predicted molar refractivity (Wildman–Crippen MR) is 78.1 cm³/mol. The minimum Gasteiger partial charge on any atom is -0.461 e. The van der Waals surface area contributed by atoms with Gasteiger partial charge in [-0.15, -0.1) is 0 Å². The van der Waals surface area contributed by atoms with Gasteiger partial charge >= 0.3 is 5.97 Å².